The summed E-state index contributed by atoms with van der Waals surface area (Å²) < 4.78 is 32.4. The minimum atomic E-state index is -0.305. The molecular weight excluding hydrogens is 1540 g/mol. The first-order chi connectivity index (χ1) is 57.2. The molecule has 23 nitrogen and oxygen atoms in total. The summed E-state index contributed by atoms with van der Waals surface area (Å²) in [6.45, 7) is 27.4. The van der Waals surface area contributed by atoms with Gasteiger partial charge in [0.15, 0.2) is 13.5 Å². The van der Waals surface area contributed by atoms with Crippen LogP contribution in [0.5, 0.6) is 46.0 Å². The average molecular weight is 1680 g/mol. The zero-order valence-corrected chi connectivity index (χ0v) is 71.1. The molecule has 0 radical (unpaired) electrons. The number of aliphatic hydroxyl groups excluding tert-OH is 4. The molecule has 4 aliphatic heterocycles. The number of hydrogen-bond donors (Lipinski definition) is 11. The summed E-state index contributed by atoms with van der Waals surface area (Å²) in [5, 5.41) is 68.8. The van der Waals surface area contributed by atoms with Crippen molar-refractivity contribution in [3.05, 3.63) is 328 Å². The Morgan fingerprint density at radius 2 is 0.557 bits per heavy atom. The Morgan fingerprint density at radius 1 is 0.336 bits per heavy atom. The van der Waals surface area contributed by atoms with E-state index in [9.17, 15) is 20.4 Å². The van der Waals surface area contributed by atoms with Crippen molar-refractivity contribution >= 4 is 30.6 Å². The van der Waals surface area contributed by atoms with Crippen LogP contribution in [0.25, 0.3) is 0 Å². The van der Waals surface area contributed by atoms with E-state index in [4.69, 9.17) is 54.7 Å². The topological polar surface area (TPSA) is 351 Å². The molecule has 658 valence electrons. The fraction of sp³-hybridized carbons (Fsp3) is 0.313. The number of phenolic OH excluding ortho intramolecular Hbond substituents is 4. The number of carbonyl (C=O) groups excluding carboxylic acids is 2. The first-order valence-corrected chi connectivity index (χ1v) is 39.0. The maximum atomic E-state index is 9.30. The Kier molecular flexibility index (Phi) is 44.8. The van der Waals surface area contributed by atoms with E-state index < -0.39 is 0 Å². The number of aliphatic hydroxyl groups is 4. The van der Waals surface area contributed by atoms with Crippen molar-refractivity contribution in [2.75, 3.05) is 104 Å². The number of nitrogen functional groups attached to an aromatic ring is 1. The Balaban J connectivity index is 0.000000392. The SMILES string of the molecule is C.C.C=O.C=O.CC(C)(c1ccc(O)cc1)c1ccc(O)cc1.CC(C)(c1ccc(O)cc1)c1ccc(O)cc1.CC(C)(c1ccc2c(c1)CN(c1ccccc1)CO2)c1ccc2c(c1)CN(c1ccccc1)CO2.CN.CN1COc2ccc(C(C)(C)c3ccc4c(c3)CN(C)CO4)cc2C1.N.Nc1ccccc1.OCCOCO.OCCOCO. The van der Waals surface area contributed by atoms with Gasteiger partial charge < -0.3 is 106 Å². The van der Waals surface area contributed by atoms with Crippen molar-refractivity contribution in [3.8, 4) is 46.0 Å². The van der Waals surface area contributed by atoms with E-state index in [2.05, 4.69) is 226 Å². The highest BCUT2D eigenvalue weighted by Crippen LogP contribution is 2.42. The second kappa shape index (κ2) is 52.4. The maximum absolute atomic E-state index is 9.30. The van der Waals surface area contributed by atoms with Gasteiger partial charge in [-0.3, -0.25) is 9.80 Å². The van der Waals surface area contributed by atoms with Crippen LogP contribution < -0.4 is 46.4 Å². The minimum absolute atomic E-state index is 0. The summed E-state index contributed by atoms with van der Waals surface area (Å²) in [5.74, 6) is 5.08. The van der Waals surface area contributed by atoms with Crippen LogP contribution in [0.2, 0.25) is 0 Å². The van der Waals surface area contributed by atoms with Crippen LogP contribution in [-0.2, 0) is 66.9 Å². The molecule has 0 spiro atoms. The van der Waals surface area contributed by atoms with E-state index >= 15 is 0 Å². The van der Waals surface area contributed by atoms with E-state index in [0.29, 0.717) is 26.9 Å². The van der Waals surface area contributed by atoms with Gasteiger partial charge in [0.1, 0.15) is 86.6 Å². The molecule has 0 saturated carbocycles. The van der Waals surface area contributed by atoms with E-state index in [1.165, 1.54) is 62.9 Å². The predicted molar refractivity (Wildman–Crippen MR) is 491 cm³/mol. The highest BCUT2D eigenvalue weighted by Gasteiger charge is 2.31. The standard InChI is InChI=1S/C31H30N2O2.C21H26N2O2.2C15H16O2.C6H7N.2C3H8O3.CH5N.2CH2O.2CH4.H3N/c1-31(2,25-13-15-29-23(17-25)19-32(21-34-29)27-9-5-3-6-10-27)26-14-16-30-24(18-26)20-33(22-35-30)28-11-7-4-8-12-28;1-21(2,17-5-7-19-15(9-17)11-22(3)13-24-19)18-6-8-20-16(10-18)12-23(4)14-25-20;2*1-15(2,11-3-7-13(16)8-4-11)12-5-9-14(17)10-6-12;7-6-4-2-1-3-5-6;2*4-1-2-6-3-5;3*1-2;;;/h3-18H,19-22H2,1-2H3;5-10H,11-14H2,1-4H3;2*3-10,16-17H,1-2H3;1-5H,7H2;2*4-5H,1-3H2;2H2,1H3;2*1H2;2*1H4;1H3. The van der Waals surface area contributed by atoms with Crippen molar-refractivity contribution in [1.82, 2.24) is 16.0 Å². The summed E-state index contributed by atoms with van der Waals surface area (Å²) in [6.07, 6.45) is 0. The molecule has 0 atom stereocenters. The zero-order valence-electron chi connectivity index (χ0n) is 71.1. The summed E-state index contributed by atoms with van der Waals surface area (Å²) in [5.41, 5.74) is 27.2. The van der Waals surface area contributed by atoms with Crippen molar-refractivity contribution in [3.63, 3.8) is 0 Å². The second-order valence-corrected chi connectivity index (χ2v) is 30.1. The largest absolute Gasteiger partial charge is 0.508 e. The first kappa shape index (κ1) is 104. The number of ether oxygens (including phenoxy) is 6. The maximum Gasteiger partial charge on any atom is 0.161 e. The Labute approximate surface area is 722 Å². The molecule has 0 saturated heterocycles. The number of carbonyl (C=O) groups is 2. The number of anilines is 3. The van der Waals surface area contributed by atoms with Gasteiger partial charge in [-0.15, -0.1) is 0 Å². The van der Waals surface area contributed by atoms with Gasteiger partial charge in [0.2, 0.25) is 0 Å². The van der Waals surface area contributed by atoms with Crippen molar-refractivity contribution in [2.45, 2.75) is 118 Å². The molecule has 15 N–H and O–H groups in total. The summed E-state index contributed by atoms with van der Waals surface area (Å²) in [6, 6.07) is 85.9. The Morgan fingerprint density at radius 3 is 0.779 bits per heavy atom. The lowest BCUT2D eigenvalue weighted by atomic mass is 9.77. The zero-order chi connectivity index (χ0) is 87.1. The Bertz CT molecular complexity index is 4360. The van der Waals surface area contributed by atoms with E-state index in [-0.39, 0.29) is 106 Å². The van der Waals surface area contributed by atoms with Crippen LogP contribution in [0.15, 0.2) is 261 Å². The van der Waals surface area contributed by atoms with E-state index in [1.807, 2.05) is 105 Å². The lowest BCUT2D eigenvalue weighted by molar-refractivity contribution is -0.0987. The molecule has 15 rings (SSSR count). The molecule has 0 aromatic heterocycles. The number of phenols is 4. The normalized spacial score (nSPS) is 12.7. The van der Waals surface area contributed by atoms with Crippen LogP contribution in [0, 0.1) is 0 Å². The molecule has 0 aliphatic carbocycles. The number of rotatable bonds is 16. The fourth-order valence-electron chi connectivity index (χ4n) is 13.3. The molecular formula is C99H131N7O16. The molecule has 0 unspecified atom stereocenters. The smallest absolute Gasteiger partial charge is 0.161 e. The Hall–Kier alpha value is -11.8. The number of nitrogens with two attached hydrogens (primary N) is 2. The van der Waals surface area contributed by atoms with Gasteiger partial charge in [-0.05, 0) is 199 Å². The van der Waals surface area contributed by atoms with E-state index in [0.717, 1.165) is 77.1 Å². The molecule has 4 aliphatic rings. The quantitative estimate of drug-likeness (QED) is 0.0243. The second-order valence-electron chi connectivity index (χ2n) is 30.1. The molecule has 0 amide bonds. The van der Waals surface area contributed by atoms with E-state index in [1.54, 1.807) is 48.5 Å². The van der Waals surface area contributed by atoms with Crippen molar-refractivity contribution in [2.24, 2.45) is 5.73 Å². The number of benzene rings is 11. The van der Waals surface area contributed by atoms with Crippen LogP contribution in [0.3, 0.4) is 0 Å². The van der Waals surface area contributed by atoms with Gasteiger partial charge in [-0.1, -0.05) is 198 Å². The monoisotopic (exact) mass is 1670 g/mol. The third-order valence-corrected chi connectivity index (χ3v) is 20.4. The molecule has 11 aromatic carbocycles. The van der Waals surface area contributed by atoms with Crippen molar-refractivity contribution in [1.29, 1.82) is 0 Å². The third-order valence-electron chi connectivity index (χ3n) is 20.4. The number of para-hydroxylation sites is 3. The summed E-state index contributed by atoms with van der Waals surface area (Å²) >= 11 is 0. The van der Waals surface area contributed by atoms with Crippen LogP contribution in [0.4, 0.5) is 17.1 Å². The number of aromatic hydroxyl groups is 4. The molecule has 4 heterocycles. The number of nitrogens with zero attached hydrogens (tertiary/aromatic N) is 4. The van der Waals surface area contributed by atoms with Gasteiger partial charge in [0.05, 0.1) is 26.4 Å². The third kappa shape index (κ3) is 30.4. The van der Waals surface area contributed by atoms with Gasteiger partial charge in [0, 0.05) is 87.2 Å². The van der Waals surface area contributed by atoms with Gasteiger partial charge >= 0.3 is 0 Å². The van der Waals surface area contributed by atoms with Crippen molar-refractivity contribution < 1.29 is 78.9 Å². The highest BCUT2D eigenvalue weighted by atomic mass is 16.6. The summed E-state index contributed by atoms with van der Waals surface area (Å²) in [4.78, 5) is 24.9. The average Bonchev–Trinajstić information content (AvgIpc) is 0.776. The first-order valence-electron chi connectivity index (χ1n) is 39.0. The minimum Gasteiger partial charge on any atom is -0.508 e. The summed E-state index contributed by atoms with van der Waals surface area (Å²) in [7, 11) is 5.67. The van der Waals surface area contributed by atoms with Crippen LogP contribution in [-0.4, -0.2) is 152 Å². The molecule has 23 heteroatoms. The molecule has 0 bridgehead atoms. The van der Waals surface area contributed by atoms with Gasteiger partial charge in [-0.25, -0.2) is 0 Å². The highest BCUT2D eigenvalue weighted by molar-refractivity contribution is 5.56. The molecule has 11 aromatic rings. The lowest BCUT2D eigenvalue weighted by Crippen LogP contribution is -2.32. The fourth-order valence-corrected chi connectivity index (χ4v) is 13.3. The molecule has 0 fully saturated rings. The predicted octanol–water partition coefficient (Wildman–Crippen LogP) is 16.9. The number of fused-ring (bicyclic) bond motifs is 4. The van der Waals surface area contributed by atoms with Crippen LogP contribution in [0.1, 0.15) is 137 Å². The van der Waals surface area contributed by atoms with Gasteiger partial charge in [-0.2, -0.15) is 0 Å². The molecule has 122 heavy (non-hydrogen) atoms. The number of hydrogen-bond acceptors (Lipinski definition) is 23. The van der Waals surface area contributed by atoms with Gasteiger partial charge in [0.25, 0.3) is 0 Å². The lowest BCUT2D eigenvalue weighted by Gasteiger charge is -2.34. The van der Waals surface area contributed by atoms with Crippen LogP contribution >= 0.6 is 0 Å².